The zero-order chi connectivity index (χ0) is 11.2. The van der Waals surface area contributed by atoms with Crippen LogP contribution in [0.5, 0.6) is 0 Å². The van der Waals surface area contributed by atoms with Gasteiger partial charge in [0.1, 0.15) is 5.78 Å². The molecule has 0 spiro atoms. The lowest BCUT2D eigenvalue weighted by Gasteiger charge is -1.91. The summed E-state index contributed by atoms with van der Waals surface area (Å²) >= 11 is 0. The van der Waals surface area contributed by atoms with E-state index in [2.05, 4.69) is 0 Å². The Morgan fingerprint density at radius 2 is 1.47 bits per heavy atom. The number of ketones is 1. The summed E-state index contributed by atoms with van der Waals surface area (Å²) in [6, 6.07) is 7.86. The summed E-state index contributed by atoms with van der Waals surface area (Å²) in [4.78, 5) is 9.58. The lowest BCUT2D eigenvalue weighted by atomic mass is 10.4. The van der Waals surface area contributed by atoms with Crippen LogP contribution >= 0.6 is 10.7 Å². The van der Waals surface area contributed by atoms with E-state index >= 15 is 0 Å². The van der Waals surface area contributed by atoms with Gasteiger partial charge in [-0.1, -0.05) is 18.2 Å². The Morgan fingerprint density at radius 3 is 1.67 bits per heavy atom. The molecular weight excluding hydrogens is 240 g/mol. The molecule has 0 amide bonds. The molecule has 0 saturated heterocycles. The molecule has 0 heterocycles. The minimum Gasteiger partial charge on any atom is -0.412 e. The van der Waals surface area contributed by atoms with Crippen molar-refractivity contribution in [1.82, 2.24) is 0 Å². The number of rotatable bonds is 1. The molecule has 1 aromatic rings. The number of halogens is 1. The van der Waals surface area contributed by atoms with Gasteiger partial charge in [0.2, 0.25) is 0 Å². The fraction of sp³-hybridized carbons (Fsp3) is 0.222. The topological polar surface area (TPSA) is 82.7 Å². The third-order valence-corrected chi connectivity index (χ3v) is 2.39. The normalized spacial score (nSPS) is 9.27. The van der Waals surface area contributed by atoms with Gasteiger partial charge in [0.15, 0.2) is 0 Å². The summed E-state index contributed by atoms with van der Waals surface area (Å²) < 4.78 is 21.2. The molecule has 1 aromatic carbocycles. The Labute approximate surface area is 93.6 Å². The second-order valence-electron chi connectivity index (χ2n) is 2.66. The molecule has 0 radical (unpaired) electrons. The molecule has 0 aromatic heterocycles. The van der Waals surface area contributed by atoms with Gasteiger partial charge in [-0.25, -0.2) is 8.42 Å². The molecule has 0 unspecified atom stereocenters. The first-order valence-electron chi connectivity index (χ1n) is 3.81. The van der Waals surface area contributed by atoms with Gasteiger partial charge in [-0.05, 0) is 26.0 Å². The van der Waals surface area contributed by atoms with Gasteiger partial charge in [-0.15, -0.1) is 0 Å². The number of hydrogen-bond acceptors (Lipinski definition) is 3. The molecule has 0 saturated carbocycles. The van der Waals surface area contributed by atoms with Crippen LogP contribution in [0.25, 0.3) is 0 Å². The molecule has 0 aliphatic rings. The Hall–Kier alpha value is -0.910. The molecule has 2 N–H and O–H groups in total. The fourth-order valence-electron chi connectivity index (χ4n) is 0.583. The van der Waals surface area contributed by atoms with E-state index in [1.165, 1.54) is 26.0 Å². The summed E-state index contributed by atoms with van der Waals surface area (Å²) in [5, 5.41) is 0. The average Bonchev–Trinajstić information content (AvgIpc) is 2.03. The van der Waals surface area contributed by atoms with Crippen LogP contribution in [0.4, 0.5) is 0 Å². The first-order valence-corrected chi connectivity index (χ1v) is 6.12. The fourth-order valence-corrected chi connectivity index (χ4v) is 1.37. The summed E-state index contributed by atoms with van der Waals surface area (Å²) in [6.45, 7) is 3.06. The Morgan fingerprint density at radius 1 is 1.13 bits per heavy atom. The van der Waals surface area contributed by atoms with Crippen molar-refractivity contribution in [3.63, 3.8) is 0 Å². The van der Waals surface area contributed by atoms with Crippen molar-refractivity contribution < 1.29 is 18.7 Å². The molecule has 1 rings (SSSR count). The van der Waals surface area contributed by atoms with E-state index in [0.29, 0.717) is 0 Å². The van der Waals surface area contributed by atoms with Crippen molar-refractivity contribution in [3.8, 4) is 0 Å². The van der Waals surface area contributed by atoms with Crippen LogP contribution in [0.1, 0.15) is 13.8 Å². The molecule has 15 heavy (non-hydrogen) atoms. The Bertz CT molecular complexity index is 382. The second kappa shape index (κ2) is 7.39. The van der Waals surface area contributed by atoms with Gasteiger partial charge >= 0.3 is 0 Å². The molecule has 0 aliphatic carbocycles. The zero-order valence-electron chi connectivity index (χ0n) is 8.40. The predicted octanol–water partition coefficient (Wildman–Crippen LogP) is 1.38. The van der Waals surface area contributed by atoms with E-state index < -0.39 is 9.05 Å². The van der Waals surface area contributed by atoms with Gasteiger partial charge in [-0.2, -0.15) is 0 Å². The maximum absolute atomic E-state index is 10.6. The second-order valence-corrected chi connectivity index (χ2v) is 5.23. The lowest BCUT2D eigenvalue weighted by Crippen LogP contribution is -1.87. The highest BCUT2D eigenvalue weighted by atomic mass is 35.7. The third kappa shape index (κ3) is 9.40. The third-order valence-electron chi connectivity index (χ3n) is 1.02. The van der Waals surface area contributed by atoms with E-state index in [1.54, 1.807) is 18.2 Å². The Kier molecular flexibility index (Phi) is 8.14. The lowest BCUT2D eigenvalue weighted by molar-refractivity contribution is -0.114. The highest BCUT2D eigenvalue weighted by molar-refractivity contribution is 8.13. The Balaban J connectivity index is 0. The maximum atomic E-state index is 10.6. The van der Waals surface area contributed by atoms with Crippen LogP contribution in [-0.2, 0) is 13.8 Å². The van der Waals surface area contributed by atoms with Crippen LogP contribution in [-0.4, -0.2) is 19.7 Å². The molecule has 0 atom stereocenters. The van der Waals surface area contributed by atoms with E-state index in [1.807, 2.05) is 0 Å². The SMILES string of the molecule is CC(C)=O.O.O=S(=O)(Cl)c1ccccc1. The van der Waals surface area contributed by atoms with Crippen LogP contribution < -0.4 is 0 Å². The molecule has 6 heteroatoms. The molecule has 0 aliphatic heterocycles. The number of hydrogen-bond donors (Lipinski definition) is 0. The van der Waals surface area contributed by atoms with Crippen molar-refractivity contribution in [2.75, 3.05) is 0 Å². The van der Waals surface area contributed by atoms with Gasteiger partial charge in [0.25, 0.3) is 9.05 Å². The number of carbonyl (C=O) groups is 1. The molecule has 4 nitrogen and oxygen atoms in total. The van der Waals surface area contributed by atoms with Crippen molar-refractivity contribution in [2.24, 2.45) is 0 Å². The van der Waals surface area contributed by atoms with Crippen molar-refractivity contribution in [1.29, 1.82) is 0 Å². The quantitative estimate of drug-likeness (QED) is 0.708. The summed E-state index contributed by atoms with van der Waals surface area (Å²) in [7, 11) is 1.50. The standard InChI is InChI=1S/C6H5ClO2S.C3H6O.H2O/c7-10(8,9)6-4-2-1-3-5-6;1-3(2)4;/h1-5H;1-2H3;1H2. The first kappa shape index (κ1) is 16.5. The van der Waals surface area contributed by atoms with Gasteiger partial charge in [0, 0.05) is 10.7 Å². The van der Waals surface area contributed by atoms with E-state index in [0.717, 1.165) is 0 Å². The zero-order valence-corrected chi connectivity index (χ0v) is 9.97. The summed E-state index contributed by atoms with van der Waals surface area (Å²) in [6.07, 6.45) is 0. The van der Waals surface area contributed by atoms with E-state index in [-0.39, 0.29) is 16.2 Å². The van der Waals surface area contributed by atoms with E-state index in [4.69, 9.17) is 10.7 Å². The average molecular weight is 253 g/mol. The van der Waals surface area contributed by atoms with Gasteiger partial charge in [-0.3, -0.25) is 0 Å². The molecule has 0 fully saturated rings. The minimum atomic E-state index is -3.53. The van der Waals surface area contributed by atoms with Crippen LogP contribution in [0.15, 0.2) is 35.2 Å². The highest BCUT2D eigenvalue weighted by Crippen LogP contribution is 2.12. The van der Waals surface area contributed by atoms with Gasteiger partial charge < -0.3 is 10.3 Å². The molecule has 0 bridgehead atoms. The predicted molar refractivity (Wildman–Crippen MR) is 59.4 cm³/mol. The van der Waals surface area contributed by atoms with Gasteiger partial charge in [0.05, 0.1) is 4.90 Å². The van der Waals surface area contributed by atoms with E-state index in [9.17, 15) is 13.2 Å². The highest BCUT2D eigenvalue weighted by Gasteiger charge is 2.06. The number of benzene rings is 1. The molecular formula is C9H13ClO4S. The van der Waals surface area contributed by atoms with Crippen LogP contribution in [0.2, 0.25) is 0 Å². The van der Waals surface area contributed by atoms with Crippen LogP contribution in [0, 0.1) is 0 Å². The van der Waals surface area contributed by atoms with Crippen molar-refractivity contribution in [3.05, 3.63) is 30.3 Å². The number of carbonyl (C=O) groups excluding carboxylic acids is 1. The monoisotopic (exact) mass is 252 g/mol. The number of Topliss-reactive ketones (excluding diaryl/α,β-unsaturated/α-hetero) is 1. The smallest absolute Gasteiger partial charge is 0.261 e. The first-order chi connectivity index (χ1) is 6.34. The molecule has 86 valence electrons. The maximum Gasteiger partial charge on any atom is 0.261 e. The van der Waals surface area contributed by atoms with Crippen LogP contribution in [0.3, 0.4) is 0 Å². The largest absolute Gasteiger partial charge is 0.412 e. The minimum absolute atomic E-state index is 0. The summed E-state index contributed by atoms with van der Waals surface area (Å²) in [5.41, 5.74) is 0. The summed E-state index contributed by atoms with van der Waals surface area (Å²) in [5.74, 6) is 0.167. The van der Waals surface area contributed by atoms with Crippen molar-refractivity contribution >= 4 is 25.5 Å². The van der Waals surface area contributed by atoms with Crippen molar-refractivity contribution in [2.45, 2.75) is 18.7 Å².